The first-order valence-corrected chi connectivity index (χ1v) is 5.78. The zero-order valence-electron chi connectivity index (χ0n) is 10.8. The van der Waals surface area contributed by atoms with Gasteiger partial charge >= 0.3 is 5.97 Å². The Morgan fingerprint density at radius 2 is 1.65 bits per heavy atom. The van der Waals surface area contributed by atoms with Crippen LogP contribution in [-0.4, -0.2) is 22.3 Å². The van der Waals surface area contributed by atoms with E-state index >= 15 is 0 Å². The summed E-state index contributed by atoms with van der Waals surface area (Å²) in [6.07, 6.45) is -1.40. The van der Waals surface area contributed by atoms with Gasteiger partial charge < -0.3 is 10.2 Å². The topological polar surface area (TPSA) is 57.5 Å². The van der Waals surface area contributed by atoms with Gasteiger partial charge in [0.25, 0.3) is 0 Å². The van der Waals surface area contributed by atoms with Gasteiger partial charge in [-0.15, -0.1) is 0 Å². The van der Waals surface area contributed by atoms with Crippen molar-refractivity contribution in [2.24, 2.45) is 0 Å². The lowest BCUT2D eigenvalue weighted by Gasteiger charge is -2.28. The summed E-state index contributed by atoms with van der Waals surface area (Å²) in [6.45, 7) is 7.67. The fourth-order valence-electron chi connectivity index (χ4n) is 1.76. The lowest BCUT2D eigenvalue weighted by Crippen LogP contribution is -2.39. The van der Waals surface area contributed by atoms with E-state index < -0.39 is 17.5 Å². The predicted molar refractivity (Wildman–Crippen MR) is 67.2 cm³/mol. The number of aliphatic hydroxyl groups excluding tert-OH is 1. The van der Waals surface area contributed by atoms with E-state index in [1.807, 2.05) is 24.3 Å². The molecule has 0 amide bonds. The average molecular weight is 236 g/mol. The smallest absolute Gasteiger partial charge is 0.333 e. The largest absolute Gasteiger partial charge is 0.479 e. The summed E-state index contributed by atoms with van der Waals surface area (Å²) < 4.78 is 0. The Balaban J connectivity index is 3.03. The molecule has 0 bridgehead atoms. The van der Waals surface area contributed by atoms with Crippen LogP contribution < -0.4 is 0 Å². The maximum atomic E-state index is 10.8. The molecule has 1 atom stereocenters. The molecule has 1 rings (SSSR count). The predicted octanol–water partition coefficient (Wildman–Crippen LogP) is 2.53. The molecule has 0 heterocycles. The van der Waals surface area contributed by atoms with Crippen LogP contribution >= 0.6 is 0 Å². The second-order valence-electron chi connectivity index (χ2n) is 5.24. The zero-order valence-corrected chi connectivity index (χ0v) is 10.8. The zero-order chi connectivity index (χ0) is 13.2. The highest BCUT2D eigenvalue weighted by molar-refractivity contribution is 5.74. The Hall–Kier alpha value is -1.35. The molecule has 94 valence electrons. The number of rotatable bonds is 4. The molecular weight excluding hydrogens is 216 g/mol. The molecular formula is C14H20O3. The molecule has 3 nitrogen and oxygen atoms in total. The lowest BCUT2D eigenvalue weighted by molar-refractivity contribution is -0.150. The minimum Gasteiger partial charge on any atom is -0.479 e. The van der Waals surface area contributed by atoms with Gasteiger partial charge in [0.15, 0.2) is 6.10 Å². The molecule has 0 aromatic heterocycles. The van der Waals surface area contributed by atoms with Crippen molar-refractivity contribution in [1.29, 1.82) is 0 Å². The average Bonchev–Trinajstić information content (AvgIpc) is 2.27. The monoisotopic (exact) mass is 236 g/mol. The van der Waals surface area contributed by atoms with Gasteiger partial charge in [0.1, 0.15) is 0 Å². The van der Waals surface area contributed by atoms with Gasteiger partial charge in [-0.1, -0.05) is 52.0 Å². The van der Waals surface area contributed by atoms with Crippen LogP contribution in [0.1, 0.15) is 44.7 Å². The first-order chi connectivity index (χ1) is 7.76. The van der Waals surface area contributed by atoms with Crippen LogP contribution in [0.3, 0.4) is 0 Å². The van der Waals surface area contributed by atoms with Gasteiger partial charge in [-0.25, -0.2) is 4.79 Å². The molecule has 0 aliphatic rings. The number of hydrogen-bond donors (Lipinski definition) is 2. The first-order valence-electron chi connectivity index (χ1n) is 5.78. The fraction of sp³-hybridized carbons (Fsp3) is 0.500. The third-order valence-corrected chi connectivity index (χ3v) is 3.24. The van der Waals surface area contributed by atoms with Crippen molar-refractivity contribution in [3.8, 4) is 0 Å². The minimum absolute atomic E-state index is 0.441. The van der Waals surface area contributed by atoms with Gasteiger partial charge in [0.2, 0.25) is 0 Å². The Kier molecular flexibility index (Phi) is 3.94. The summed E-state index contributed by atoms with van der Waals surface area (Å²) in [5.41, 5.74) is 1.24. The van der Waals surface area contributed by atoms with E-state index in [1.165, 1.54) is 5.56 Å². The molecule has 1 aromatic rings. The molecule has 0 aliphatic heterocycles. The van der Waals surface area contributed by atoms with Crippen molar-refractivity contribution < 1.29 is 15.0 Å². The number of hydrogen-bond acceptors (Lipinski definition) is 2. The van der Waals surface area contributed by atoms with E-state index in [9.17, 15) is 9.90 Å². The number of aliphatic hydroxyl groups is 1. The van der Waals surface area contributed by atoms with Crippen LogP contribution in [0.25, 0.3) is 0 Å². The number of carboxylic acid groups (broad SMARTS) is 1. The third-order valence-electron chi connectivity index (χ3n) is 3.24. The molecule has 0 fully saturated rings. The van der Waals surface area contributed by atoms with Gasteiger partial charge in [-0.05, 0) is 17.0 Å². The van der Waals surface area contributed by atoms with Crippen molar-refractivity contribution in [2.45, 2.75) is 45.1 Å². The van der Waals surface area contributed by atoms with Crippen LogP contribution in [0.2, 0.25) is 0 Å². The standard InChI is InChI=1S/C14H20O3/c1-9(2)10-5-7-11(8-6-10)14(3,4)12(15)13(16)17/h5-9,12,15H,1-4H3,(H,16,17). The summed E-state index contributed by atoms with van der Waals surface area (Å²) in [7, 11) is 0. The summed E-state index contributed by atoms with van der Waals surface area (Å²) in [5.74, 6) is -0.750. The van der Waals surface area contributed by atoms with Crippen molar-refractivity contribution in [2.75, 3.05) is 0 Å². The van der Waals surface area contributed by atoms with Crippen LogP contribution in [-0.2, 0) is 10.2 Å². The van der Waals surface area contributed by atoms with E-state index in [-0.39, 0.29) is 0 Å². The quantitative estimate of drug-likeness (QED) is 0.844. The minimum atomic E-state index is -1.40. The highest BCUT2D eigenvalue weighted by Crippen LogP contribution is 2.28. The summed E-state index contributed by atoms with van der Waals surface area (Å²) >= 11 is 0. The Morgan fingerprint density at radius 3 is 2.00 bits per heavy atom. The van der Waals surface area contributed by atoms with E-state index in [1.54, 1.807) is 13.8 Å². The van der Waals surface area contributed by atoms with E-state index in [0.717, 1.165) is 5.56 Å². The molecule has 3 heteroatoms. The van der Waals surface area contributed by atoms with Crippen molar-refractivity contribution >= 4 is 5.97 Å². The molecule has 0 saturated heterocycles. The van der Waals surface area contributed by atoms with Crippen molar-refractivity contribution in [1.82, 2.24) is 0 Å². The van der Waals surface area contributed by atoms with Crippen LogP contribution in [0.4, 0.5) is 0 Å². The van der Waals surface area contributed by atoms with E-state index in [2.05, 4.69) is 13.8 Å². The van der Waals surface area contributed by atoms with Gasteiger partial charge in [-0.3, -0.25) is 0 Å². The molecule has 1 aromatic carbocycles. The van der Waals surface area contributed by atoms with Crippen molar-refractivity contribution in [3.05, 3.63) is 35.4 Å². The second kappa shape index (κ2) is 4.88. The van der Waals surface area contributed by atoms with Gasteiger partial charge in [-0.2, -0.15) is 0 Å². The van der Waals surface area contributed by atoms with Crippen LogP contribution in [0.5, 0.6) is 0 Å². The lowest BCUT2D eigenvalue weighted by atomic mass is 9.79. The Labute approximate surface area is 102 Å². The second-order valence-corrected chi connectivity index (χ2v) is 5.24. The Bertz CT molecular complexity index is 390. The van der Waals surface area contributed by atoms with Gasteiger partial charge in [0.05, 0.1) is 0 Å². The summed E-state index contributed by atoms with van der Waals surface area (Å²) in [5, 5.41) is 18.6. The number of carboxylic acids is 1. The highest BCUT2D eigenvalue weighted by atomic mass is 16.4. The Morgan fingerprint density at radius 1 is 1.18 bits per heavy atom. The van der Waals surface area contributed by atoms with Crippen molar-refractivity contribution in [3.63, 3.8) is 0 Å². The first kappa shape index (κ1) is 13.7. The van der Waals surface area contributed by atoms with Crippen LogP contribution in [0.15, 0.2) is 24.3 Å². The molecule has 0 spiro atoms. The molecule has 1 unspecified atom stereocenters. The highest BCUT2D eigenvalue weighted by Gasteiger charge is 2.34. The molecule has 17 heavy (non-hydrogen) atoms. The molecule has 0 saturated carbocycles. The number of aliphatic carboxylic acids is 1. The van der Waals surface area contributed by atoms with E-state index in [4.69, 9.17) is 5.11 Å². The fourth-order valence-corrected chi connectivity index (χ4v) is 1.76. The maximum absolute atomic E-state index is 10.8. The number of benzene rings is 1. The molecule has 0 aliphatic carbocycles. The normalized spacial score (nSPS) is 13.8. The molecule has 0 radical (unpaired) electrons. The SMILES string of the molecule is CC(C)c1ccc(C(C)(C)C(O)C(=O)O)cc1. The molecule has 2 N–H and O–H groups in total. The number of carbonyl (C=O) groups is 1. The van der Waals surface area contributed by atoms with Crippen LogP contribution in [0, 0.1) is 0 Å². The summed E-state index contributed by atoms with van der Waals surface area (Å²) in [4.78, 5) is 10.8. The third kappa shape index (κ3) is 2.86. The van der Waals surface area contributed by atoms with Gasteiger partial charge in [0, 0.05) is 5.41 Å². The van der Waals surface area contributed by atoms with E-state index in [0.29, 0.717) is 5.92 Å². The summed E-state index contributed by atoms with van der Waals surface area (Å²) in [6, 6.07) is 7.75. The maximum Gasteiger partial charge on any atom is 0.333 e.